The van der Waals surface area contributed by atoms with Crippen molar-refractivity contribution in [3.63, 3.8) is 0 Å². The molecule has 0 radical (unpaired) electrons. The number of aryl methyl sites for hydroxylation is 1. The van der Waals surface area contributed by atoms with Crippen LogP contribution in [0.15, 0.2) is 47.4 Å². The summed E-state index contributed by atoms with van der Waals surface area (Å²) in [5.74, 6) is 1.14. The molecule has 0 saturated heterocycles. The summed E-state index contributed by atoms with van der Waals surface area (Å²) in [6.45, 7) is 0.725. The summed E-state index contributed by atoms with van der Waals surface area (Å²) in [4.78, 5) is 12.0. The first-order valence-electron chi connectivity index (χ1n) is 8.97. The maximum absolute atomic E-state index is 12.1. The average molecular weight is 386 g/mol. The van der Waals surface area contributed by atoms with Crippen LogP contribution in [0.25, 0.3) is 0 Å². The first kappa shape index (κ1) is 18.0. The van der Waals surface area contributed by atoms with Crippen LogP contribution in [0.2, 0.25) is 0 Å². The number of nitrogens with one attached hydrogen (secondary N) is 1. The summed E-state index contributed by atoms with van der Waals surface area (Å²) < 4.78 is 27.9. The molecule has 27 heavy (non-hydrogen) atoms. The molecular weight excluding hydrogens is 364 g/mol. The number of benzene rings is 2. The van der Waals surface area contributed by atoms with Gasteiger partial charge in [0.25, 0.3) is 0 Å². The molecule has 3 N–H and O–H groups in total. The molecular formula is C20H22N2O4S. The third-order valence-corrected chi connectivity index (χ3v) is 6.66. The van der Waals surface area contributed by atoms with E-state index in [2.05, 4.69) is 29.6 Å². The Hall–Kier alpha value is -2.38. The number of primary sulfonamides is 1. The van der Waals surface area contributed by atoms with E-state index in [-0.39, 0.29) is 10.5 Å². The number of esters is 1. The molecule has 2 aliphatic carbocycles. The summed E-state index contributed by atoms with van der Waals surface area (Å²) >= 11 is 0. The molecule has 0 aromatic heterocycles. The lowest BCUT2D eigenvalue weighted by Crippen LogP contribution is -2.16. The molecule has 0 unspecified atom stereocenters. The van der Waals surface area contributed by atoms with Gasteiger partial charge in [-0.15, -0.1) is 0 Å². The van der Waals surface area contributed by atoms with Gasteiger partial charge < -0.3 is 10.1 Å². The van der Waals surface area contributed by atoms with Gasteiger partial charge in [-0.3, -0.25) is 0 Å². The van der Waals surface area contributed by atoms with Crippen molar-refractivity contribution in [1.82, 2.24) is 0 Å². The second-order valence-electron chi connectivity index (χ2n) is 7.22. The molecule has 2 aliphatic rings. The molecule has 4 rings (SSSR count). The van der Waals surface area contributed by atoms with Crippen molar-refractivity contribution >= 4 is 21.7 Å². The number of nitrogens with two attached hydrogens (primary N) is 1. The van der Waals surface area contributed by atoms with Crippen molar-refractivity contribution in [3.05, 3.63) is 59.2 Å². The molecule has 0 aliphatic heterocycles. The van der Waals surface area contributed by atoms with Gasteiger partial charge in [0.2, 0.25) is 10.0 Å². The minimum Gasteiger partial charge on any atom is -0.465 e. The highest BCUT2D eigenvalue weighted by molar-refractivity contribution is 7.89. The van der Waals surface area contributed by atoms with Gasteiger partial charge in [-0.2, -0.15) is 0 Å². The summed E-state index contributed by atoms with van der Waals surface area (Å²) in [7, 11) is -2.62. The van der Waals surface area contributed by atoms with Gasteiger partial charge in [-0.25, -0.2) is 18.4 Å². The van der Waals surface area contributed by atoms with E-state index in [1.54, 1.807) is 6.07 Å². The van der Waals surface area contributed by atoms with E-state index in [9.17, 15) is 13.2 Å². The summed E-state index contributed by atoms with van der Waals surface area (Å²) in [5, 5.41) is 8.49. The summed E-state index contributed by atoms with van der Waals surface area (Å²) in [6, 6.07) is 12.8. The van der Waals surface area contributed by atoms with Crippen molar-refractivity contribution in [2.75, 3.05) is 19.0 Å². The highest BCUT2D eigenvalue weighted by Crippen LogP contribution is 2.59. The lowest BCUT2D eigenvalue weighted by Gasteiger charge is -2.13. The Morgan fingerprint density at radius 2 is 2.04 bits per heavy atom. The van der Waals surface area contributed by atoms with Crippen molar-refractivity contribution in [1.29, 1.82) is 0 Å². The Labute approximate surface area is 158 Å². The minimum absolute atomic E-state index is 0.109. The molecule has 0 spiro atoms. The monoisotopic (exact) mass is 386 g/mol. The van der Waals surface area contributed by atoms with Crippen molar-refractivity contribution in [2.24, 2.45) is 17.0 Å². The van der Waals surface area contributed by atoms with Crippen LogP contribution in [0.3, 0.4) is 0 Å². The molecule has 0 bridgehead atoms. The molecule has 0 heterocycles. The van der Waals surface area contributed by atoms with Gasteiger partial charge in [-0.05, 0) is 59.9 Å². The largest absolute Gasteiger partial charge is 0.465 e. The van der Waals surface area contributed by atoms with Gasteiger partial charge in [0, 0.05) is 12.2 Å². The quantitative estimate of drug-likeness (QED) is 0.770. The maximum Gasteiger partial charge on any atom is 0.340 e. The van der Waals surface area contributed by atoms with Crippen molar-refractivity contribution in [3.8, 4) is 0 Å². The molecule has 6 nitrogen and oxygen atoms in total. The molecule has 1 fully saturated rings. The Morgan fingerprint density at radius 1 is 1.26 bits per heavy atom. The lowest BCUT2D eigenvalue weighted by molar-refractivity contribution is 0.0601. The zero-order valence-corrected chi connectivity index (χ0v) is 15.8. The molecule has 2 aromatic rings. The number of methoxy groups -OCH3 is 1. The van der Waals surface area contributed by atoms with Crippen molar-refractivity contribution < 1.29 is 17.9 Å². The molecule has 142 valence electrons. The Balaban J connectivity index is 1.53. The number of carbonyl (C=O) groups excluding carboxylic acids is 1. The van der Waals surface area contributed by atoms with Crippen LogP contribution in [0.5, 0.6) is 0 Å². The minimum atomic E-state index is -3.89. The lowest BCUT2D eigenvalue weighted by atomic mass is 9.92. The predicted molar refractivity (Wildman–Crippen MR) is 102 cm³/mol. The van der Waals surface area contributed by atoms with E-state index in [0.29, 0.717) is 23.4 Å². The third-order valence-electron chi connectivity index (χ3n) is 5.75. The van der Waals surface area contributed by atoms with Crippen LogP contribution in [-0.2, 0) is 21.2 Å². The number of hydrogen-bond donors (Lipinski definition) is 2. The van der Waals surface area contributed by atoms with Crippen LogP contribution in [0.1, 0.15) is 33.8 Å². The topological polar surface area (TPSA) is 98.5 Å². The highest BCUT2D eigenvalue weighted by Gasteiger charge is 2.52. The first-order chi connectivity index (χ1) is 12.9. The summed E-state index contributed by atoms with van der Waals surface area (Å²) in [6.07, 6.45) is 2.30. The van der Waals surface area contributed by atoms with E-state index in [1.165, 1.54) is 36.8 Å². The number of ether oxygens (including phenoxy) is 1. The average Bonchev–Trinajstić information content (AvgIpc) is 3.38. The van der Waals surface area contributed by atoms with E-state index < -0.39 is 16.0 Å². The highest BCUT2D eigenvalue weighted by atomic mass is 32.2. The fraction of sp³-hybridized carbons (Fsp3) is 0.350. The van der Waals surface area contributed by atoms with Gasteiger partial charge in [0.15, 0.2) is 0 Å². The normalized spacial score (nSPS) is 23.1. The van der Waals surface area contributed by atoms with Gasteiger partial charge >= 0.3 is 5.97 Å². The van der Waals surface area contributed by atoms with Crippen molar-refractivity contribution in [2.45, 2.75) is 23.7 Å². The Bertz CT molecular complexity index is 1000. The smallest absolute Gasteiger partial charge is 0.340 e. The number of hydrogen-bond acceptors (Lipinski definition) is 5. The molecule has 3 atom stereocenters. The zero-order valence-electron chi connectivity index (χ0n) is 15.0. The van der Waals surface area contributed by atoms with Gasteiger partial charge in [0.05, 0.1) is 17.6 Å². The Morgan fingerprint density at radius 3 is 2.78 bits per heavy atom. The van der Waals surface area contributed by atoms with Gasteiger partial charge in [-0.1, -0.05) is 24.3 Å². The fourth-order valence-corrected chi connectivity index (χ4v) is 4.89. The second-order valence-corrected chi connectivity index (χ2v) is 8.78. The van der Waals surface area contributed by atoms with Crippen LogP contribution in [-0.4, -0.2) is 28.0 Å². The van der Waals surface area contributed by atoms with E-state index in [0.717, 1.165) is 13.0 Å². The third kappa shape index (κ3) is 3.33. The van der Waals surface area contributed by atoms with E-state index in [1.807, 2.05) is 0 Å². The van der Waals surface area contributed by atoms with E-state index >= 15 is 0 Å². The molecule has 1 saturated carbocycles. The SMILES string of the molecule is COC(=O)c1cc(S(N)(=O)=O)ccc1NC[C@@H]1[C@H]2CCc3ccccc3[C@@H]21. The number of carbonyl (C=O) groups is 1. The van der Waals surface area contributed by atoms with Crippen LogP contribution >= 0.6 is 0 Å². The standard InChI is InChI=1S/C20H22N2O4S/c1-26-20(23)16-10-13(27(21,24)25)7-9-18(16)22-11-17-15-8-6-12-4-2-3-5-14(12)19(15)17/h2-5,7,9-10,15,17,19,22H,6,8,11H2,1H3,(H2,21,24,25)/t15-,17-,19+/m1/s1. The van der Waals surface area contributed by atoms with Crippen LogP contribution < -0.4 is 10.5 Å². The number of fused-ring (bicyclic) bond motifs is 3. The van der Waals surface area contributed by atoms with Crippen LogP contribution in [0, 0.1) is 11.8 Å². The zero-order chi connectivity index (χ0) is 19.2. The predicted octanol–water partition coefficient (Wildman–Crippen LogP) is 2.51. The molecule has 7 heteroatoms. The van der Waals surface area contributed by atoms with Crippen LogP contribution in [0.4, 0.5) is 5.69 Å². The van der Waals surface area contributed by atoms with Gasteiger partial charge in [0.1, 0.15) is 0 Å². The second kappa shape index (κ2) is 6.65. The summed E-state index contributed by atoms with van der Waals surface area (Å²) in [5.41, 5.74) is 3.62. The first-order valence-corrected chi connectivity index (χ1v) is 10.5. The Kier molecular flexibility index (Phi) is 4.44. The molecule has 0 amide bonds. The van der Waals surface area contributed by atoms with E-state index in [4.69, 9.17) is 9.88 Å². The number of anilines is 1. The fourth-order valence-electron chi connectivity index (χ4n) is 4.35. The number of sulfonamides is 1. The number of rotatable bonds is 5. The maximum atomic E-state index is 12.1. The molecule has 2 aromatic carbocycles.